The largest absolute Gasteiger partial charge is 0.497 e. The SMILES string of the molecule is C#CCn1c(=O)c(CNC(c2ccccc2)c2ccccc2)cc2ccc(OC)cc21. The average Bonchev–Trinajstić information content (AvgIpc) is 2.82. The minimum atomic E-state index is -0.0916. The fourth-order valence-electron chi connectivity index (χ4n) is 3.84. The number of fused-ring (bicyclic) bond motifs is 1. The van der Waals surface area contributed by atoms with Crippen molar-refractivity contribution in [3.63, 3.8) is 0 Å². The van der Waals surface area contributed by atoms with Gasteiger partial charge in [0, 0.05) is 18.2 Å². The first kappa shape index (κ1) is 20.5. The fourth-order valence-corrected chi connectivity index (χ4v) is 3.84. The van der Waals surface area contributed by atoms with Crippen molar-refractivity contribution in [2.45, 2.75) is 19.1 Å². The lowest BCUT2D eigenvalue weighted by molar-refractivity contribution is 0.415. The van der Waals surface area contributed by atoms with E-state index in [0.717, 1.165) is 22.0 Å². The summed E-state index contributed by atoms with van der Waals surface area (Å²) in [6.07, 6.45) is 5.56. The van der Waals surface area contributed by atoms with Crippen molar-refractivity contribution in [2.24, 2.45) is 0 Å². The van der Waals surface area contributed by atoms with Crippen molar-refractivity contribution in [1.29, 1.82) is 0 Å². The van der Waals surface area contributed by atoms with Crippen LogP contribution in [0.4, 0.5) is 0 Å². The smallest absolute Gasteiger partial charge is 0.256 e. The highest BCUT2D eigenvalue weighted by molar-refractivity contribution is 5.81. The summed E-state index contributed by atoms with van der Waals surface area (Å²) in [4.78, 5) is 13.2. The Hall–Kier alpha value is -3.81. The van der Waals surface area contributed by atoms with E-state index in [1.165, 1.54) is 0 Å². The molecule has 154 valence electrons. The Kier molecular flexibility index (Phi) is 6.16. The summed E-state index contributed by atoms with van der Waals surface area (Å²) in [6.45, 7) is 0.622. The highest BCUT2D eigenvalue weighted by Gasteiger charge is 2.15. The van der Waals surface area contributed by atoms with Crippen molar-refractivity contribution in [1.82, 2.24) is 9.88 Å². The molecule has 4 nitrogen and oxygen atoms in total. The van der Waals surface area contributed by atoms with E-state index < -0.39 is 0 Å². The Morgan fingerprint density at radius 2 is 1.61 bits per heavy atom. The summed E-state index contributed by atoms with van der Waals surface area (Å²) in [5.74, 6) is 3.29. The van der Waals surface area contributed by atoms with Gasteiger partial charge in [0.15, 0.2) is 0 Å². The average molecular weight is 409 g/mol. The molecule has 0 aliphatic heterocycles. The lowest BCUT2D eigenvalue weighted by Crippen LogP contribution is -2.29. The molecule has 0 fully saturated rings. The molecule has 0 unspecified atom stereocenters. The Balaban J connectivity index is 1.72. The molecular formula is C27H24N2O2. The van der Waals surface area contributed by atoms with E-state index in [9.17, 15) is 4.79 Å². The van der Waals surface area contributed by atoms with Gasteiger partial charge < -0.3 is 10.1 Å². The van der Waals surface area contributed by atoms with Crippen molar-refractivity contribution in [3.05, 3.63) is 112 Å². The van der Waals surface area contributed by atoms with Gasteiger partial charge in [0.05, 0.1) is 25.2 Å². The van der Waals surface area contributed by atoms with Gasteiger partial charge in [-0.1, -0.05) is 66.6 Å². The van der Waals surface area contributed by atoms with E-state index in [2.05, 4.69) is 35.5 Å². The Labute approximate surface area is 182 Å². The molecule has 4 rings (SSSR count). The molecule has 0 atom stereocenters. The topological polar surface area (TPSA) is 43.3 Å². The molecule has 4 heteroatoms. The number of nitrogens with one attached hydrogen (secondary N) is 1. The van der Waals surface area contributed by atoms with Gasteiger partial charge in [-0.15, -0.1) is 6.42 Å². The van der Waals surface area contributed by atoms with E-state index in [0.29, 0.717) is 17.9 Å². The third-order valence-electron chi connectivity index (χ3n) is 5.39. The van der Waals surface area contributed by atoms with Crippen LogP contribution in [0, 0.1) is 12.3 Å². The predicted molar refractivity (Wildman–Crippen MR) is 125 cm³/mol. The first-order valence-corrected chi connectivity index (χ1v) is 10.2. The Morgan fingerprint density at radius 3 is 2.19 bits per heavy atom. The number of hydrogen-bond donors (Lipinski definition) is 1. The predicted octanol–water partition coefficient (Wildman–Crippen LogP) is 4.52. The number of ether oxygens (including phenoxy) is 1. The molecule has 1 heterocycles. The molecule has 0 saturated carbocycles. The van der Waals surface area contributed by atoms with Crippen LogP contribution in [-0.2, 0) is 13.1 Å². The van der Waals surface area contributed by atoms with Crippen LogP contribution in [0.3, 0.4) is 0 Å². The van der Waals surface area contributed by atoms with Crippen molar-refractivity contribution >= 4 is 10.9 Å². The zero-order valence-corrected chi connectivity index (χ0v) is 17.4. The van der Waals surface area contributed by atoms with Crippen molar-refractivity contribution < 1.29 is 4.74 Å². The highest BCUT2D eigenvalue weighted by atomic mass is 16.5. The van der Waals surface area contributed by atoms with Crippen molar-refractivity contribution in [2.75, 3.05) is 7.11 Å². The number of methoxy groups -OCH3 is 1. The van der Waals surface area contributed by atoms with E-state index >= 15 is 0 Å². The molecule has 4 aromatic rings. The second-order valence-corrected chi connectivity index (χ2v) is 7.33. The van der Waals surface area contributed by atoms with Crippen LogP contribution in [0.2, 0.25) is 0 Å². The lowest BCUT2D eigenvalue weighted by atomic mass is 9.98. The molecule has 0 radical (unpaired) electrons. The van der Waals surface area contributed by atoms with E-state index in [1.54, 1.807) is 11.7 Å². The van der Waals surface area contributed by atoms with Gasteiger partial charge in [-0.05, 0) is 34.7 Å². The fraction of sp³-hybridized carbons (Fsp3) is 0.148. The zero-order chi connectivity index (χ0) is 21.6. The van der Waals surface area contributed by atoms with Gasteiger partial charge in [0.2, 0.25) is 0 Å². The van der Waals surface area contributed by atoms with Gasteiger partial charge in [-0.25, -0.2) is 0 Å². The van der Waals surface area contributed by atoms with Crippen LogP contribution in [0.1, 0.15) is 22.7 Å². The number of rotatable bonds is 7. The molecule has 0 spiro atoms. The molecular weight excluding hydrogens is 384 g/mol. The van der Waals surface area contributed by atoms with Gasteiger partial charge in [-0.3, -0.25) is 9.36 Å². The minimum Gasteiger partial charge on any atom is -0.497 e. The minimum absolute atomic E-state index is 0.0329. The van der Waals surface area contributed by atoms with Crippen LogP contribution >= 0.6 is 0 Å². The maximum absolute atomic E-state index is 13.2. The summed E-state index contributed by atoms with van der Waals surface area (Å²) in [5.41, 5.74) is 3.64. The number of hydrogen-bond acceptors (Lipinski definition) is 3. The summed E-state index contributed by atoms with van der Waals surface area (Å²) in [5, 5.41) is 4.52. The molecule has 1 aromatic heterocycles. The van der Waals surface area contributed by atoms with Crippen LogP contribution in [0.15, 0.2) is 89.7 Å². The second-order valence-electron chi connectivity index (χ2n) is 7.33. The molecule has 31 heavy (non-hydrogen) atoms. The monoisotopic (exact) mass is 408 g/mol. The van der Waals surface area contributed by atoms with Crippen LogP contribution in [0.25, 0.3) is 10.9 Å². The van der Waals surface area contributed by atoms with E-state index in [-0.39, 0.29) is 18.1 Å². The number of benzene rings is 3. The van der Waals surface area contributed by atoms with Crippen LogP contribution in [0.5, 0.6) is 5.75 Å². The van der Waals surface area contributed by atoms with E-state index in [4.69, 9.17) is 11.2 Å². The molecule has 0 amide bonds. The summed E-state index contributed by atoms with van der Waals surface area (Å²) in [7, 11) is 1.61. The lowest BCUT2D eigenvalue weighted by Gasteiger charge is -2.20. The maximum atomic E-state index is 13.2. The first-order chi connectivity index (χ1) is 15.2. The van der Waals surface area contributed by atoms with Gasteiger partial charge in [-0.2, -0.15) is 0 Å². The van der Waals surface area contributed by atoms with Crippen LogP contribution < -0.4 is 15.6 Å². The van der Waals surface area contributed by atoms with E-state index in [1.807, 2.05) is 60.7 Å². The summed E-state index contributed by atoms with van der Waals surface area (Å²) >= 11 is 0. The van der Waals surface area contributed by atoms with Gasteiger partial charge in [0.1, 0.15) is 5.75 Å². The van der Waals surface area contributed by atoms with Crippen molar-refractivity contribution in [3.8, 4) is 18.1 Å². The third-order valence-corrected chi connectivity index (χ3v) is 5.39. The standard InChI is InChI=1S/C27H24N2O2/c1-3-16-29-25-18-24(31-2)15-14-22(25)17-23(27(29)30)19-28-26(20-10-6-4-7-11-20)21-12-8-5-9-13-21/h1,4-15,17-18,26,28H,16,19H2,2H3. The Bertz CT molecular complexity index is 1230. The van der Waals surface area contributed by atoms with Crippen LogP contribution in [-0.4, -0.2) is 11.7 Å². The second kappa shape index (κ2) is 9.34. The first-order valence-electron chi connectivity index (χ1n) is 10.2. The molecule has 0 aliphatic rings. The zero-order valence-electron chi connectivity index (χ0n) is 17.4. The van der Waals surface area contributed by atoms with Gasteiger partial charge >= 0.3 is 0 Å². The number of terminal acetylenes is 1. The third kappa shape index (κ3) is 4.37. The summed E-state index contributed by atoms with van der Waals surface area (Å²) < 4.78 is 6.96. The molecule has 3 aromatic carbocycles. The number of nitrogens with zero attached hydrogens (tertiary/aromatic N) is 1. The van der Waals surface area contributed by atoms with Gasteiger partial charge in [0.25, 0.3) is 5.56 Å². The number of pyridine rings is 1. The molecule has 1 N–H and O–H groups in total. The molecule has 0 saturated heterocycles. The Morgan fingerprint density at radius 1 is 0.968 bits per heavy atom. The normalized spacial score (nSPS) is 10.9. The quantitative estimate of drug-likeness (QED) is 0.457. The molecule has 0 aliphatic carbocycles. The number of aromatic nitrogens is 1. The summed E-state index contributed by atoms with van der Waals surface area (Å²) in [6, 6.07) is 28.1. The highest BCUT2D eigenvalue weighted by Crippen LogP contribution is 2.23. The maximum Gasteiger partial charge on any atom is 0.256 e. The molecule has 0 bridgehead atoms.